The molecule has 1 heterocycles. The van der Waals surface area contributed by atoms with Crippen LogP contribution in [0, 0.1) is 0 Å². The minimum Gasteiger partial charge on any atom is -0.370 e. The number of nitrogens with one attached hydrogen (secondary N) is 2. The lowest BCUT2D eigenvalue weighted by Gasteiger charge is -2.13. The number of rotatable bonds is 7. The number of hydrogen-bond acceptors (Lipinski definition) is 5. The van der Waals surface area contributed by atoms with Crippen molar-refractivity contribution in [3.05, 3.63) is 11.9 Å². The molecule has 0 aliphatic rings. The van der Waals surface area contributed by atoms with Crippen LogP contribution >= 0.6 is 0 Å². The molecule has 1 rings (SSSR count). The summed E-state index contributed by atoms with van der Waals surface area (Å²) < 4.78 is 0. The van der Waals surface area contributed by atoms with Crippen molar-refractivity contribution in [1.82, 2.24) is 9.97 Å². The Balaban J connectivity index is 2.92. The number of amides is 1. The molecule has 0 atom stereocenters. The summed E-state index contributed by atoms with van der Waals surface area (Å²) in [6.45, 7) is 4.97. The van der Waals surface area contributed by atoms with Crippen molar-refractivity contribution in [1.29, 1.82) is 0 Å². The van der Waals surface area contributed by atoms with Crippen LogP contribution in [0.2, 0.25) is 0 Å². The Bertz CT molecular complexity index is 380. The van der Waals surface area contributed by atoms with Gasteiger partial charge in [0, 0.05) is 12.1 Å². The molecule has 17 heavy (non-hydrogen) atoms. The zero-order chi connectivity index (χ0) is 12.7. The first kappa shape index (κ1) is 13.2. The van der Waals surface area contributed by atoms with Gasteiger partial charge in [-0.3, -0.25) is 4.79 Å². The Labute approximate surface area is 101 Å². The van der Waals surface area contributed by atoms with Gasteiger partial charge in [0.1, 0.15) is 18.0 Å². The lowest BCUT2D eigenvalue weighted by Crippen LogP contribution is -2.23. The van der Waals surface area contributed by atoms with Gasteiger partial charge in [-0.05, 0) is 13.3 Å². The van der Waals surface area contributed by atoms with Crippen molar-refractivity contribution in [2.75, 3.05) is 23.7 Å². The van der Waals surface area contributed by atoms with Crippen LogP contribution in [0.3, 0.4) is 0 Å². The van der Waals surface area contributed by atoms with Crippen LogP contribution in [0.25, 0.3) is 0 Å². The van der Waals surface area contributed by atoms with Crippen LogP contribution in [0.5, 0.6) is 0 Å². The highest BCUT2D eigenvalue weighted by Crippen LogP contribution is 2.21. The van der Waals surface area contributed by atoms with Crippen LogP contribution in [0.15, 0.2) is 6.33 Å². The van der Waals surface area contributed by atoms with E-state index in [4.69, 9.17) is 5.73 Å². The Morgan fingerprint density at radius 3 is 2.47 bits per heavy atom. The van der Waals surface area contributed by atoms with E-state index in [1.165, 1.54) is 6.33 Å². The van der Waals surface area contributed by atoms with Gasteiger partial charge in [0.15, 0.2) is 0 Å². The van der Waals surface area contributed by atoms with E-state index >= 15 is 0 Å². The van der Waals surface area contributed by atoms with Gasteiger partial charge < -0.3 is 16.4 Å². The second-order valence-electron chi connectivity index (χ2n) is 3.65. The minimum absolute atomic E-state index is 0.0826. The van der Waals surface area contributed by atoms with Crippen molar-refractivity contribution in [3.63, 3.8) is 0 Å². The van der Waals surface area contributed by atoms with Crippen molar-refractivity contribution >= 4 is 17.5 Å². The first-order valence-corrected chi connectivity index (χ1v) is 5.78. The molecule has 0 radical (unpaired) electrons. The number of hydrogen-bond donors (Lipinski definition) is 3. The fourth-order valence-electron chi connectivity index (χ4n) is 1.54. The molecule has 1 amide bonds. The molecule has 0 aliphatic carbocycles. The maximum atomic E-state index is 10.8. The van der Waals surface area contributed by atoms with Gasteiger partial charge in [0.25, 0.3) is 0 Å². The zero-order valence-electron chi connectivity index (χ0n) is 10.3. The summed E-state index contributed by atoms with van der Waals surface area (Å²) in [6.07, 6.45) is 3.31. The summed E-state index contributed by atoms with van der Waals surface area (Å²) in [4.78, 5) is 19.1. The van der Waals surface area contributed by atoms with Crippen molar-refractivity contribution in [2.24, 2.45) is 5.73 Å². The molecule has 0 aliphatic heterocycles. The largest absolute Gasteiger partial charge is 0.370 e. The minimum atomic E-state index is -0.406. The third-order valence-corrected chi connectivity index (χ3v) is 2.22. The van der Waals surface area contributed by atoms with E-state index in [9.17, 15) is 4.79 Å². The monoisotopic (exact) mass is 237 g/mol. The normalized spacial score (nSPS) is 10.0. The molecule has 0 fully saturated rings. The van der Waals surface area contributed by atoms with Gasteiger partial charge in [-0.2, -0.15) is 0 Å². The fourth-order valence-corrected chi connectivity index (χ4v) is 1.54. The second kappa shape index (κ2) is 6.67. The Hall–Kier alpha value is -1.85. The van der Waals surface area contributed by atoms with E-state index in [0.29, 0.717) is 5.82 Å². The maximum Gasteiger partial charge on any atom is 0.236 e. The highest BCUT2D eigenvalue weighted by Gasteiger charge is 2.10. The molecule has 0 bridgehead atoms. The molecule has 0 saturated carbocycles. The highest BCUT2D eigenvalue weighted by atomic mass is 16.1. The average molecular weight is 237 g/mol. The van der Waals surface area contributed by atoms with Gasteiger partial charge in [0.2, 0.25) is 5.91 Å². The highest BCUT2D eigenvalue weighted by molar-refractivity contribution is 5.79. The molecule has 1 aromatic rings. The fraction of sp³-hybridized carbons (Fsp3) is 0.545. The van der Waals surface area contributed by atoms with Crippen LogP contribution < -0.4 is 16.4 Å². The number of aromatic nitrogens is 2. The van der Waals surface area contributed by atoms with E-state index in [1.807, 2.05) is 6.92 Å². The summed E-state index contributed by atoms with van der Waals surface area (Å²) in [7, 11) is 0. The lowest BCUT2D eigenvalue weighted by atomic mass is 10.1. The van der Waals surface area contributed by atoms with Gasteiger partial charge in [-0.15, -0.1) is 0 Å². The lowest BCUT2D eigenvalue weighted by molar-refractivity contribution is -0.116. The second-order valence-corrected chi connectivity index (χ2v) is 3.65. The molecule has 6 nitrogen and oxygen atoms in total. The third-order valence-electron chi connectivity index (χ3n) is 2.22. The van der Waals surface area contributed by atoms with Crippen LogP contribution in [-0.4, -0.2) is 29.0 Å². The molecule has 6 heteroatoms. The summed E-state index contributed by atoms with van der Waals surface area (Å²) in [5, 5.41) is 6.11. The smallest absolute Gasteiger partial charge is 0.236 e. The van der Waals surface area contributed by atoms with Crippen LogP contribution in [-0.2, 0) is 11.2 Å². The Kier molecular flexibility index (Phi) is 5.19. The number of carbonyl (C=O) groups excluding carboxylic acids is 1. The SMILES string of the molecule is CCCc1c(NCC)ncnc1NCC(N)=O. The predicted molar refractivity (Wildman–Crippen MR) is 67.9 cm³/mol. The van der Waals surface area contributed by atoms with Crippen LogP contribution in [0.1, 0.15) is 25.8 Å². The Morgan fingerprint density at radius 2 is 1.94 bits per heavy atom. The molecule has 0 saturated heterocycles. The number of nitrogens with zero attached hydrogens (tertiary/aromatic N) is 2. The quantitative estimate of drug-likeness (QED) is 0.651. The van der Waals surface area contributed by atoms with Gasteiger partial charge in [-0.1, -0.05) is 13.3 Å². The molecule has 0 spiro atoms. The summed E-state index contributed by atoms with van der Waals surface area (Å²) in [5.74, 6) is 1.09. The van der Waals surface area contributed by atoms with E-state index in [2.05, 4.69) is 27.5 Å². The van der Waals surface area contributed by atoms with E-state index in [-0.39, 0.29) is 6.54 Å². The first-order chi connectivity index (χ1) is 8.19. The molecule has 1 aromatic heterocycles. The number of anilines is 2. The number of nitrogens with two attached hydrogens (primary N) is 1. The average Bonchev–Trinajstić information content (AvgIpc) is 2.30. The zero-order valence-corrected chi connectivity index (χ0v) is 10.3. The third kappa shape index (κ3) is 3.90. The topological polar surface area (TPSA) is 92.9 Å². The van der Waals surface area contributed by atoms with Gasteiger partial charge in [-0.25, -0.2) is 9.97 Å². The van der Waals surface area contributed by atoms with Gasteiger partial charge >= 0.3 is 0 Å². The first-order valence-electron chi connectivity index (χ1n) is 5.78. The molecular weight excluding hydrogens is 218 g/mol. The predicted octanol–water partition coefficient (Wildman–Crippen LogP) is 0.758. The van der Waals surface area contributed by atoms with Gasteiger partial charge in [0.05, 0.1) is 6.54 Å². The summed E-state index contributed by atoms with van der Waals surface area (Å²) >= 11 is 0. The summed E-state index contributed by atoms with van der Waals surface area (Å²) in [5.41, 5.74) is 6.10. The Morgan fingerprint density at radius 1 is 1.29 bits per heavy atom. The van der Waals surface area contributed by atoms with E-state index in [0.717, 1.165) is 30.8 Å². The molecule has 4 N–H and O–H groups in total. The molecular formula is C11H19N5O. The van der Waals surface area contributed by atoms with E-state index in [1.54, 1.807) is 0 Å². The van der Waals surface area contributed by atoms with Crippen molar-refractivity contribution in [3.8, 4) is 0 Å². The molecule has 94 valence electrons. The summed E-state index contributed by atoms with van der Waals surface area (Å²) in [6, 6.07) is 0. The standard InChI is InChI=1S/C11H19N5O/c1-3-5-8-10(13-4-2)15-7-16-11(8)14-6-9(12)17/h7H,3-6H2,1-2H3,(H2,12,17)(H2,13,14,15,16). The number of primary amides is 1. The molecule has 0 unspecified atom stereocenters. The van der Waals surface area contributed by atoms with Crippen molar-refractivity contribution < 1.29 is 4.79 Å². The number of carbonyl (C=O) groups is 1. The van der Waals surface area contributed by atoms with E-state index < -0.39 is 5.91 Å². The van der Waals surface area contributed by atoms with Crippen molar-refractivity contribution in [2.45, 2.75) is 26.7 Å². The maximum absolute atomic E-state index is 10.8. The van der Waals surface area contributed by atoms with Crippen LogP contribution in [0.4, 0.5) is 11.6 Å². The molecule has 0 aromatic carbocycles.